The Morgan fingerprint density at radius 1 is 1.08 bits per heavy atom. The lowest BCUT2D eigenvalue weighted by molar-refractivity contribution is -0.132. The zero-order valence-electron chi connectivity index (χ0n) is 15.2. The average molecular weight is 352 g/mol. The molecule has 0 bridgehead atoms. The molecule has 1 aliphatic heterocycles. The van der Waals surface area contributed by atoms with Crippen LogP contribution in [-0.2, 0) is 16.9 Å². The normalized spacial score (nSPS) is 19.5. The van der Waals surface area contributed by atoms with Crippen LogP contribution >= 0.6 is 0 Å². The Bertz CT molecular complexity index is 791. The molecule has 136 valence electrons. The Kier molecular flexibility index (Phi) is 5.26. The Balaban J connectivity index is 1.91. The van der Waals surface area contributed by atoms with Gasteiger partial charge in [-0.15, -0.1) is 0 Å². The summed E-state index contributed by atoms with van der Waals surface area (Å²) in [6.07, 6.45) is 2.40. The molecule has 0 aliphatic carbocycles. The molecule has 1 N–H and O–H groups in total. The first-order valence-electron chi connectivity index (χ1n) is 8.93. The van der Waals surface area contributed by atoms with E-state index >= 15 is 0 Å². The van der Waals surface area contributed by atoms with E-state index in [-0.39, 0.29) is 18.5 Å². The third-order valence-corrected chi connectivity index (χ3v) is 4.82. The molecule has 0 saturated carbocycles. The standard InChI is InChI=1S/C21H24N2O3/c1-3-4-13-21(17-10-6-5-7-11-17)19(24)23(20(25)22-21)15-16-9-8-12-18(14-16)26-2/h5-12,14H,3-4,13,15H2,1-2H3,(H,22,25). The summed E-state index contributed by atoms with van der Waals surface area (Å²) in [5.41, 5.74) is 0.708. The highest BCUT2D eigenvalue weighted by molar-refractivity contribution is 6.07. The fraction of sp³-hybridized carbons (Fsp3) is 0.333. The molecule has 1 atom stereocenters. The van der Waals surface area contributed by atoms with E-state index < -0.39 is 5.54 Å². The molecule has 3 amide bonds. The van der Waals surface area contributed by atoms with Crippen LogP contribution in [0.4, 0.5) is 4.79 Å². The highest BCUT2D eigenvalue weighted by Crippen LogP contribution is 2.35. The molecule has 2 aromatic rings. The van der Waals surface area contributed by atoms with Crippen LogP contribution in [0.3, 0.4) is 0 Å². The molecule has 26 heavy (non-hydrogen) atoms. The summed E-state index contributed by atoms with van der Waals surface area (Å²) in [7, 11) is 1.60. The van der Waals surface area contributed by atoms with Crippen LogP contribution < -0.4 is 10.1 Å². The number of rotatable bonds is 7. The van der Waals surface area contributed by atoms with Gasteiger partial charge in [0.15, 0.2) is 0 Å². The van der Waals surface area contributed by atoms with E-state index in [1.807, 2.05) is 54.6 Å². The molecule has 0 spiro atoms. The maximum atomic E-state index is 13.3. The first-order chi connectivity index (χ1) is 12.6. The summed E-state index contributed by atoms with van der Waals surface area (Å²) in [4.78, 5) is 27.3. The predicted molar refractivity (Wildman–Crippen MR) is 99.7 cm³/mol. The molecule has 3 rings (SSSR count). The minimum Gasteiger partial charge on any atom is -0.497 e. The molecule has 5 heteroatoms. The largest absolute Gasteiger partial charge is 0.497 e. The van der Waals surface area contributed by atoms with E-state index in [1.54, 1.807) is 7.11 Å². The van der Waals surface area contributed by atoms with Crippen molar-refractivity contribution in [1.29, 1.82) is 0 Å². The van der Waals surface area contributed by atoms with E-state index in [2.05, 4.69) is 12.2 Å². The number of nitrogens with zero attached hydrogens (tertiary/aromatic N) is 1. The summed E-state index contributed by atoms with van der Waals surface area (Å²) in [6.45, 7) is 2.30. The Labute approximate surface area is 154 Å². The number of methoxy groups -OCH3 is 1. The van der Waals surface area contributed by atoms with Gasteiger partial charge in [-0.3, -0.25) is 9.69 Å². The van der Waals surface area contributed by atoms with Crippen LogP contribution in [0.5, 0.6) is 5.75 Å². The SMILES string of the molecule is CCCCC1(c2ccccc2)NC(=O)N(Cc2cccc(OC)c2)C1=O. The second-order valence-corrected chi connectivity index (χ2v) is 6.55. The molecule has 1 saturated heterocycles. The van der Waals surface area contributed by atoms with Crippen LogP contribution in [0.15, 0.2) is 54.6 Å². The van der Waals surface area contributed by atoms with E-state index in [4.69, 9.17) is 4.74 Å². The number of hydrogen-bond acceptors (Lipinski definition) is 3. The maximum Gasteiger partial charge on any atom is 0.325 e. The first-order valence-corrected chi connectivity index (χ1v) is 8.93. The summed E-state index contributed by atoms with van der Waals surface area (Å²) in [6, 6.07) is 16.6. The molecule has 0 aromatic heterocycles. The molecule has 1 unspecified atom stereocenters. The van der Waals surface area contributed by atoms with Gasteiger partial charge in [-0.1, -0.05) is 62.2 Å². The second-order valence-electron chi connectivity index (χ2n) is 6.55. The molecule has 2 aromatic carbocycles. The van der Waals surface area contributed by atoms with Crippen molar-refractivity contribution in [2.45, 2.75) is 38.3 Å². The molecule has 1 aliphatic rings. The molecular formula is C21H24N2O3. The van der Waals surface area contributed by atoms with Crippen molar-refractivity contribution in [2.75, 3.05) is 7.11 Å². The zero-order valence-corrected chi connectivity index (χ0v) is 15.2. The van der Waals surface area contributed by atoms with Gasteiger partial charge in [-0.25, -0.2) is 4.79 Å². The Morgan fingerprint density at radius 2 is 1.85 bits per heavy atom. The third-order valence-electron chi connectivity index (χ3n) is 4.82. The lowest BCUT2D eigenvalue weighted by Crippen LogP contribution is -2.44. The molecular weight excluding hydrogens is 328 g/mol. The number of imide groups is 1. The number of ether oxygens (including phenoxy) is 1. The number of urea groups is 1. The monoisotopic (exact) mass is 352 g/mol. The predicted octanol–water partition coefficient (Wildman–Crippen LogP) is 3.83. The maximum absolute atomic E-state index is 13.3. The summed E-state index contributed by atoms with van der Waals surface area (Å²) in [5, 5.41) is 2.97. The number of amides is 3. The van der Waals surface area contributed by atoms with Gasteiger partial charge in [-0.2, -0.15) is 0 Å². The van der Waals surface area contributed by atoms with Crippen molar-refractivity contribution >= 4 is 11.9 Å². The Hall–Kier alpha value is -2.82. The van der Waals surface area contributed by atoms with Gasteiger partial charge in [0.1, 0.15) is 11.3 Å². The van der Waals surface area contributed by atoms with Crippen molar-refractivity contribution in [3.8, 4) is 5.75 Å². The van der Waals surface area contributed by atoms with Crippen molar-refractivity contribution in [3.05, 3.63) is 65.7 Å². The summed E-state index contributed by atoms with van der Waals surface area (Å²) >= 11 is 0. The van der Waals surface area contributed by atoms with Crippen molar-refractivity contribution in [2.24, 2.45) is 0 Å². The van der Waals surface area contributed by atoms with E-state index in [0.29, 0.717) is 12.2 Å². The molecule has 1 heterocycles. The van der Waals surface area contributed by atoms with Gasteiger partial charge < -0.3 is 10.1 Å². The van der Waals surface area contributed by atoms with E-state index in [9.17, 15) is 9.59 Å². The van der Waals surface area contributed by atoms with Crippen molar-refractivity contribution in [1.82, 2.24) is 10.2 Å². The Morgan fingerprint density at radius 3 is 2.54 bits per heavy atom. The third kappa shape index (κ3) is 3.29. The van der Waals surface area contributed by atoms with Crippen LogP contribution in [0, 0.1) is 0 Å². The molecule has 0 radical (unpaired) electrons. The van der Waals surface area contributed by atoms with E-state index in [1.165, 1.54) is 4.90 Å². The van der Waals surface area contributed by atoms with Crippen molar-refractivity contribution < 1.29 is 14.3 Å². The lowest BCUT2D eigenvalue weighted by atomic mass is 9.85. The summed E-state index contributed by atoms with van der Waals surface area (Å²) in [5.74, 6) is 0.514. The van der Waals surface area contributed by atoms with Gasteiger partial charge in [0.2, 0.25) is 0 Å². The number of benzene rings is 2. The topological polar surface area (TPSA) is 58.6 Å². The fourth-order valence-corrected chi connectivity index (χ4v) is 3.40. The lowest BCUT2D eigenvalue weighted by Gasteiger charge is -2.27. The van der Waals surface area contributed by atoms with Gasteiger partial charge in [0, 0.05) is 0 Å². The number of nitrogens with one attached hydrogen (secondary N) is 1. The van der Waals surface area contributed by atoms with Crippen LogP contribution in [0.1, 0.15) is 37.3 Å². The quantitative estimate of drug-likeness (QED) is 0.771. The molecule has 1 fully saturated rings. The number of unbranched alkanes of at least 4 members (excludes halogenated alkanes) is 1. The van der Waals surface area contributed by atoms with Gasteiger partial charge in [0.05, 0.1) is 13.7 Å². The van der Waals surface area contributed by atoms with Gasteiger partial charge in [0.25, 0.3) is 5.91 Å². The van der Waals surface area contributed by atoms with E-state index in [0.717, 1.165) is 24.0 Å². The minimum absolute atomic E-state index is 0.190. The highest BCUT2D eigenvalue weighted by Gasteiger charge is 2.51. The van der Waals surface area contributed by atoms with Crippen LogP contribution in [0.2, 0.25) is 0 Å². The smallest absolute Gasteiger partial charge is 0.325 e. The average Bonchev–Trinajstić information content (AvgIpc) is 2.92. The summed E-state index contributed by atoms with van der Waals surface area (Å²) < 4.78 is 5.23. The number of carbonyl (C=O) groups excluding carboxylic acids is 2. The van der Waals surface area contributed by atoms with Crippen LogP contribution in [-0.4, -0.2) is 23.9 Å². The highest BCUT2D eigenvalue weighted by atomic mass is 16.5. The zero-order chi connectivity index (χ0) is 18.6. The fourth-order valence-electron chi connectivity index (χ4n) is 3.40. The second kappa shape index (κ2) is 7.60. The number of carbonyl (C=O) groups is 2. The van der Waals surface area contributed by atoms with Crippen molar-refractivity contribution in [3.63, 3.8) is 0 Å². The number of hydrogen-bond donors (Lipinski definition) is 1. The minimum atomic E-state index is -0.979. The van der Waals surface area contributed by atoms with Crippen LogP contribution in [0.25, 0.3) is 0 Å². The van der Waals surface area contributed by atoms with Gasteiger partial charge in [-0.05, 0) is 29.7 Å². The molecule has 5 nitrogen and oxygen atoms in total. The first kappa shape index (κ1) is 18.0. The van der Waals surface area contributed by atoms with Gasteiger partial charge >= 0.3 is 6.03 Å².